The Morgan fingerprint density at radius 3 is 2.75 bits per heavy atom. The molecular weight excluding hydrogens is 161 g/mol. The van der Waals surface area contributed by atoms with Crippen molar-refractivity contribution in [3.8, 4) is 0 Å². The van der Waals surface area contributed by atoms with E-state index in [0.29, 0.717) is 12.8 Å². The molecule has 0 aromatic carbocycles. The van der Waals surface area contributed by atoms with Gasteiger partial charge in [-0.3, -0.25) is 4.79 Å². The largest absolute Gasteiger partial charge is 0.396 e. The first-order chi connectivity index (χ1) is 5.63. The zero-order valence-corrected chi connectivity index (χ0v) is 7.09. The Hall–Kier alpha value is -0.640. The first-order valence-electron chi connectivity index (χ1n) is 4.15. The van der Waals surface area contributed by atoms with E-state index in [4.69, 9.17) is 5.11 Å². The van der Waals surface area contributed by atoms with E-state index in [9.17, 15) is 9.18 Å². The lowest BCUT2D eigenvalue weighted by molar-refractivity contribution is -0.120. The van der Waals surface area contributed by atoms with Crippen LogP contribution < -0.4 is 5.32 Å². The van der Waals surface area contributed by atoms with Crippen LogP contribution in [0.2, 0.25) is 0 Å². The second-order valence-electron chi connectivity index (χ2n) is 3.34. The van der Waals surface area contributed by atoms with Gasteiger partial charge in [0.15, 0.2) is 0 Å². The molecule has 1 saturated carbocycles. The molecular formula is C8H14FNO2. The number of hydrogen-bond donors (Lipinski definition) is 2. The van der Waals surface area contributed by atoms with Gasteiger partial charge in [-0.2, -0.15) is 0 Å². The van der Waals surface area contributed by atoms with Crippen molar-refractivity contribution in [2.45, 2.75) is 32.0 Å². The van der Waals surface area contributed by atoms with E-state index in [-0.39, 0.29) is 24.5 Å². The fourth-order valence-corrected chi connectivity index (χ4v) is 1.65. The van der Waals surface area contributed by atoms with Crippen LogP contribution in [0, 0.1) is 5.92 Å². The van der Waals surface area contributed by atoms with Crippen LogP contribution in [0.1, 0.15) is 19.8 Å². The third kappa shape index (κ3) is 2.17. The van der Waals surface area contributed by atoms with E-state index < -0.39 is 6.17 Å². The van der Waals surface area contributed by atoms with Gasteiger partial charge in [0.05, 0.1) is 6.04 Å². The van der Waals surface area contributed by atoms with Gasteiger partial charge in [0.1, 0.15) is 6.17 Å². The summed E-state index contributed by atoms with van der Waals surface area (Å²) in [5.74, 6) is -0.196. The van der Waals surface area contributed by atoms with Crippen LogP contribution in [-0.2, 0) is 4.79 Å². The summed E-state index contributed by atoms with van der Waals surface area (Å²) >= 11 is 0. The van der Waals surface area contributed by atoms with E-state index in [2.05, 4.69) is 5.32 Å². The average molecular weight is 175 g/mol. The lowest BCUT2D eigenvalue weighted by Crippen LogP contribution is -2.36. The van der Waals surface area contributed by atoms with Gasteiger partial charge in [-0.25, -0.2) is 4.39 Å². The van der Waals surface area contributed by atoms with E-state index in [1.165, 1.54) is 6.92 Å². The normalized spacial score (nSPS) is 35.1. The number of nitrogens with one attached hydrogen (secondary N) is 1. The molecule has 1 aliphatic rings. The quantitative estimate of drug-likeness (QED) is 0.631. The molecule has 0 spiro atoms. The molecule has 0 saturated heterocycles. The van der Waals surface area contributed by atoms with Crippen LogP contribution in [-0.4, -0.2) is 29.8 Å². The van der Waals surface area contributed by atoms with Crippen molar-refractivity contribution in [1.29, 1.82) is 0 Å². The van der Waals surface area contributed by atoms with Crippen molar-refractivity contribution in [2.75, 3.05) is 6.61 Å². The molecule has 1 rings (SSSR count). The van der Waals surface area contributed by atoms with E-state index in [1.807, 2.05) is 0 Å². The molecule has 3 nitrogen and oxygen atoms in total. The standard InChI is InChI=1S/C8H14FNO2/c1-5(12)10-8-3-6(4-11)2-7(8)9/h6-8,11H,2-4H2,1H3,(H,10,12)/t6-,7-,8-/m1/s1. The number of amides is 1. The molecule has 0 aromatic heterocycles. The van der Waals surface area contributed by atoms with Crippen molar-refractivity contribution in [2.24, 2.45) is 5.92 Å². The molecule has 12 heavy (non-hydrogen) atoms. The predicted molar refractivity (Wildman–Crippen MR) is 42.3 cm³/mol. The Balaban J connectivity index is 2.40. The molecule has 3 atom stereocenters. The lowest BCUT2D eigenvalue weighted by atomic mass is 10.1. The minimum Gasteiger partial charge on any atom is -0.396 e. The van der Waals surface area contributed by atoms with Gasteiger partial charge in [-0.1, -0.05) is 0 Å². The summed E-state index contributed by atoms with van der Waals surface area (Å²) in [4.78, 5) is 10.6. The topological polar surface area (TPSA) is 49.3 Å². The van der Waals surface area contributed by atoms with Crippen molar-refractivity contribution >= 4 is 5.91 Å². The highest BCUT2D eigenvalue weighted by Gasteiger charge is 2.34. The summed E-state index contributed by atoms with van der Waals surface area (Å²) in [6, 6.07) is -0.389. The summed E-state index contributed by atoms with van der Waals surface area (Å²) in [7, 11) is 0. The highest BCUT2D eigenvalue weighted by Crippen LogP contribution is 2.27. The number of carbonyl (C=O) groups is 1. The molecule has 0 unspecified atom stereocenters. The van der Waals surface area contributed by atoms with Gasteiger partial charge in [0.25, 0.3) is 0 Å². The van der Waals surface area contributed by atoms with Gasteiger partial charge in [0, 0.05) is 13.5 Å². The first kappa shape index (κ1) is 9.45. The summed E-state index contributed by atoms with van der Waals surface area (Å²) in [5.41, 5.74) is 0. The third-order valence-corrected chi connectivity index (χ3v) is 2.23. The Morgan fingerprint density at radius 2 is 2.33 bits per heavy atom. The second kappa shape index (κ2) is 3.85. The Morgan fingerprint density at radius 1 is 1.67 bits per heavy atom. The molecule has 0 aromatic rings. The zero-order chi connectivity index (χ0) is 9.14. The first-order valence-corrected chi connectivity index (χ1v) is 4.15. The molecule has 2 N–H and O–H groups in total. The predicted octanol–water partition coefficient (Wildman–Crippen LogP) is 0.232. The maximum atomic E-state index is 13.1. The van der Waals surface area contributed by atoms with Crippen molar-refractivity contribution < 1.29 is 14.3 Å². The molecule has 4 heteroatoms. The number of aliphatic hydroxyl groups excluding tert-OH is 1. The summed E-state index contributed by atoms with van der Waals surface area (Å²) in [6.07, 6.45) is -0.0790. The molecule has 70 valence electrons. The Labute approximate surface area is 71.0 Å². The van der Waals surface area contributed by atoms with Crippen molar-refractivity contribution in [3.63, 3.8) is 0 Å². The van der Waals surface area contributed by atoms with Crippen LogP contribution >= 0.6 is 0 Å². The van der Waals surface area contributed by atoms with E-state index in [1.54, 1.807) is 0 Å². The van der Waals surface area contributed by atoms with Crippen LogP contribution in [0.4, 0.5) is 4.39 Å². The molecule has 0 radical (unpaired) electrons. The summed E-state index contributed by atoms with van der Waals surface area (Å²) in [6.45, 7) is 1.38. The average Bonchev–Trinajstić information content (AvgIpc) is 2.31. The SMILES string of the molecule is CC(=O)N[C@@H]1C[C@H](CO)C[C@H]1F. The minimum atomic E-state index is -0.994. The fraction of sp³-hybridized carbons (Fsp3) is 0.875. The summed E-state index contributed by atoms with van der Waals surface area (Å²) in [5, 5.41) is 11.3. The Bertz CT molecular complexity index is 174. The molecule has 1 aliphatic carbocycles. The van der Waals surface area contributed by atoms with Gasteiger partial charge in [0.2, 0.25) is 5.91 Å². The smallest absolute Gasteiger partial charge is 0.217 e. The zero-order valence-electron chi connectivity index (χ0n) is 7.09. The number of carbonyl (C=O) groups excluding carboxylic acids is 1. The second-order valence-corrected chi connectivity index (χ2v) is 3.34. The Kier molecular flexibility index (Phi) is 3.03. The monoisotopic (exact) mass is 175 g/mol. The van der Waals surface area contributed by atoms with E-state index >= 15 is 0 Å². The molecule has 0 heterocycles. The third-order valence-electron chi connectivity index (χ3n) is 2.23. The lowest BCUT2D eigenvalue weighted by Gasteiger charge is -2.12. The van der Waals surface area contributed by atoms with Crippen LogP contribution in [0.25, 0.3) is 0 Å². The summed E-state index contributed by atoms with van der Waals surface area (Å²) < 4.78 is 13.1. The maximum absolute atomic E-state index is 13.1. The van der Waals surface area contributed by atoms with Gasteiger partial charge >= 0.3 is 0 Å². The van der Waals surface area contributed by atoms with Crippen LogP contribution in [0.3, 0.4) is 0 Å². The number of aliphatic hydroxyl groups is 1. The highest BCUT2D eigenvalue weighted by atomic mass is 19.1. The number of alkyl halides is 1. The molecule has 1 fully saturated rings. The number of rotatable bonds is 2. The van der Waals surface area contributed by atoms with E-state index in [0.717, 1.165) is 0 Å². The van der Waals surface area contributed by atoms with Gasteiger partial charge in [-0.05, 0) is 18.8 Å². The van der Waals surface area contributed by atoms with Crippen LogP contribution in [0.15, 0.2) is 0 Å². The van der Waals surface area contributed by atoms with Gasteiger partial charge in [-0.15, -0.1) is 0 Å². The molecule has 0 bridgehead atoms. The molecule has 1 amide bonds. The van der Waals surface area contributed by atoms with Crippen LogP contribution in [0.5, 0.6) is 0 Å². The number of halogens is 1. The fourth-order valence-electron chi connectivity index (χ4n) is 1.65. The minimum absolute atomic E-state index is 0.0104. The number of hydrogen-bond acceptors (Lipinski definition) is 2. The highest BCUT2D eigenvalue weighted by molar-refractivity contribution is 5.73. The van der Waals surface area contributed by atoms with Crippen molar-refractivity contribution in [1.82, 2.24) is 5.32 Å². The van der Waals surface area contributed by atoms with Crippen molar-refractivity contribution in [3.05, 3.63) is 0 Å². The maximum Gasteiger partial charge on any atom is 0.217 e. The van der Waals surface area contributed by atoms with Gasteiger partial charge < -0.3 is 10.4 Å². The molecule has 0 aliphatic heterocycles.